The second kappa shape index (κ2) is 12.3. The van der Waals surface area contributed by atoms with Crippen LogP contribution in [0.1, 0.15) is 42.2 Å². The van der Waals surface area contributed by atoms with E-state index in [4.69, 9.17) is 18.6 Å². The van der Waals surface area contributed by atoms with Gasteiger partial charge in [-0.25, -0.2) is 4.79 Å². The number of ether oxygens (including phenoxy) is 3. The van der Waals surface area contributed by atoms with Crippen LogP contribution < -0.4 is 19.5 Å². The zero-order valence-electron chi connectivity index (χ0n) is 20.7. The van der Waals surface area contributed by atoms with E-state index >= 15 is 0 Å². The third-order valence-corrected chi connectivity index (χ3v) is 5.31. The van der Waals surface area contributed by atoms with E-state index in [-0.39, 0.29) is 30.2 Å². The number of aryl methyl sites for hydroxylation is 1. The minimum Gasteiger partial charge on any atom is -0.493 e. The van der Waals surface area contributed by atoms with E-state index in [0.717, 1.165) is 5.56 Å². The molecule has 3 aromatic rings. The Balaban J connectivity index is 1.63. The molecule has 0 aliphatic carbocycles. The first-order valence-electron chi connectivity index (χ1n) is 11.3. The Morgan fingerprint density at radius 2 is 1.94 bits per heavy atom. The molecule has 0 saturated carbocycles. The van der Waals surface area contributed by atoms with Crippen molar-refractivity contribution in [3.8, 4) is 23.3 Å². The van der Waals surface area contributed by atoms with Crippen LogP contribution in [0.4, 0.5) is 0 Å². The van der Waals surface area contributed by atoms with E-state index in [1.807, 2.05) is 31.2 Å². The van der Waals surface area contributed by atoms with Gasteiger partial charge in [0.1, 0.15) is 23.2 Å². The maximum atomic E-state index is 12.4. The van der Waals surface area contributed by atoms with Crippen molar-refractivity contribution in [1.82, 2.24) is 5.32 Å². The number of nitrogens with one attached hydrogen (secondary N) is 1. The van der Waals surface area contributed by atoms with Crippen LogP contribution in [0.5, 0.6) is 17.2 Å². The van der Waals surface area contributed by atoms with Gasteiger partial charge in [-0.3, -0.25) is 4.79 Å². The van der Waals surface area contributed by atoms with Gasteiger partial charge in [-0.05, 0) is 72.0 Å². The van der Waals surface area contributed by atoms with Crippen LogP contribution in [-0.2, 0) is 16.1 Å². The molecule has 0 saturated heterocycles. The maximum Gasteiger partial charge on any atom is 0.349 e. The van der Waals surface area contributed by atoms with Gasteiger partial charge in [-0.15, -0.1) is 0 Å². The fourth-order valence-corrected chi connectivity index (χ4v) is 3.53. The Hall–Kier alpha value is -4.51. The Morgan fingerprint density at radius 3 is 2.58 bits per heavy atom. The number of nitriles is 1. The number of amides is 1. The number of furan rings is 1. The number of rotatable bonds is 10. The lowest BCUT2D eigenvalue weighted by molar-refractivity contribution is -0.136. The van der Waals surface area contributed by atoms with Gasteiger partial charge in [0.15, 0.2) is 18.1 Å². The summed E-state index contributed by atoms with van der Waals surface area (Å²) >= 11 is 0. The van der Waals surface area contributed by atoms with Crippen molar-refractivity contribution in [3.63, 3.8) is 0 Å². The summed E-state index contributed by atoms with van der Waals surface area (Å²) in [5.41, 5.74) is 2.74. The van der Waals surface area contributed by atoms with E-state index in [1.54, 1.807) is 24.3 Å². The van der Waals surface area contributed by atoms with Gasteiger partial charge in [-0.1, -0.05) is 26.0 Å². The number of hydrogen-bond donors (Lipinski definition) is 1. The largest absolute Gasteiger partial charge is 0.493 e. The first kappa shape index (κ1) is 26.1. The Kier molecular flexibility index (Phi) is 8.89. The van der Waals surface area contributed by atoms with Crippen LogP contribution in [0.15, 0.2) is 64.8 Å². The second-order valence-corrected chi connectivity index (χ2v) is 8.28. The number of hydrogen-bond acceptors (Lipinski definition) is 7. The Bertz CT molecular complexity index is 1290. The van der Waals surface area contributed by atoms with Gasteiger partial charge >= 0.3 is 5.97 Å². The molecule has 36 heavy (non-hydrogen) atoms. The highest BCUT2D eigenvalue weighted by molar-refractivity contribution is 6.01. The van der Waals surface area contributed by atoms with Gasteiger partial charge in [0.25, 0.3) is 5.91 Å². The zero-order chi connectivity index (χ0) is 26.1. The molecule has 1 heterocycles. The summed E-state index contributed by atoms with van der Waals surface area (Å²) in [5, 5.41) is 12.0. The zero-order valence-corrected chi connectivity index (χ0v) is 20.7. The molecule has 0 fully saturated rings. The lowest BCUT2D eigenvalue weighted by Crippen LogP contribution is -2.23. The van der Waals surface area contributed by atoms with E-state index in [2.05, 4.69) is 19.2 Å². The van der Waals surface area contributed by atoms with Crippen molar-refractivity contribution in [2.75, 3.05) is 13.7 Å². The van der Waals surface area contributed by atoms with E-state index in [9.17, 15) is 14.9 Å². The van der Waals surface area contributed by atoms with Crippen LogP contribution >= 0.6 is 0 Å². The van der Waals surface area contributed by atoms with Crippen LogP contribution in [-0.4, -0.2) is 25.6 Å². The van der Waals surface area contributed by atoms with Crippen LogP contribution in [0.25, 0.3) is 6.08 Å². The number of methoxy groups -OCH3 is 1. The highest BCUT2D eigenvalue weighted by Crippen LogP contribution is 2.29. The normalized spacial score (nSPS) is 11.1. The lowest BCUT2D eigenvalue weighted by atomic mass is 9.98. The van der Waals surface area contributed by atoms with E-state index in [1.165, 1.54) is 31.1 Å². The SMILES string of the molecule is COc1cc(/C=C(\C#N)C(=O)NCc2ccco2)ccc1OC(=O)COc1ccc(C(C)C)c(C)c1. The van der Waals surface area contributed by atoms with Crippen molar-refractivity contribution in [3.05, 3.63) is 82.8 Å². The summed E-state index contributed by atoms with van der Waals surface area (Å²) < 4.78 is 21.5. The van der Waals surface area contributed by atoms with Gasteiger partial charge in [0, 0.05) is 0 Å². The van der Waals surface area contributed by atoms with Gasteiger partial charge < -0.3 is 23.9 Å². The third kappa shape index (κ3) is 7.00. The van der Waals surface area contributed by atoms with Gasteiger partial charge in [0.05, 0.1) is 19.9 Å². The average molecular weight is 489 g/mol. The minimum absolute atomic E-state index is 0.0967. The van der Waals surface area contributed by atoms with Crippen molar-refractivity contribution in [2.24, 2.45) is 0 Å². The summed E-state index contributed by atoms with van der Waals surface area (Å²) in [6.45, 7) is 6.12. The molecule has 0 aliphatic rings. The standard InChI is InChI=1S/C28H28N2O6/c1-18(2)24-9-8-22(12-19(24)3)35-17-27(31)36-25-10-7-20(14-26(25)33-4)13-21(15-29)28(32)30-16-23-6-5-11-34-23/h5-14,18H,16-17H2,1-4H3,(H,30,32)/b21-13+. The lowest BCUT2D eigenvalue weighted by Gasteiger charge is -2.13. The monoisotopic (exact) mass is 488 g/mol. The quantitative estimate of drug-likeness (QED) is 0.186. The number of benzene rings is 2. The molecule has 1 N–H and O–H groups in total. The first-order valence-corrected chi connectivity index (χ1v) is 11.3. The molecular formula is C28H28N2O6. The predicted molar refractivity (Wildman–Crippen MR) is 134 cm³/mol. The number of carbonyl (C=O) groups is 2. The van der Waals surface area contributed by atoms with Crippen molar-refractivity contribution in [2.45, 2.75) is 33.2 Å². The van der Waals surface area contributed by atoms with E-state index < -0.39 is 11.9 Å². The molecule has 8 heteroatoms. The number of esters is 1. The molecule has 0 unspecified atom stereocenters. The highest BCUT2D eigenvalue weighted by Gasteiger charge is 2.14. The molecule has 8 nitrogen and oxygen atoms in total. The summed E-state index contributed by atoms with van der Waals surface area (Å²) in [6.07, 6.45) is 2.91. The molecule has 0 spiro atoms. The molecule has 0 bridgehead atoms. The first-order chi connectivity index (χ1) is 17.3. The van der Waals surface area contributed by atoms with Gasteiger partial charge in [-0.2, -0.15) is 5.26 Å². The molecule has 1 amide bonds. The molecule has 0 aliphatic heterocycles. The number of carbonyl (C=O) groups excluding carboxylic acids is 2. The van der Waals surface area contributed by atoms with Gasteiger partial charge in [0.2, 0.25) is 0 Å². The second-order valence-electron chi connectivity index (χ2n) is 8.28. The summed E-state index contributed by atoms with van der Waals surface area (Å²) in [5.74, 6) is 0.859. The fourth-order valence-electron chi connectivity index (χ4n) is 3.53. The maximum absolute atomic E-state index is 12.4. The highest BCUT2D eigenvalue weighted by atomic mass is 16.6. The van der Waals surface area contributed by atoms with E-state index in [0.29, 0.717) is 23.0 Å². The van der Waals surface area contributed by atoms with Crippen LogP contribution in [0.3, 0.4) is 0 Å². The minimum atomic E-state index is -0.600. The topological polar surface area (TPSA) is 111 Å². The molecule has 2 aromatic carbocycles. The van der Waals surface area contributed by atoms with Crippen molar-refractivity contribution < 1.29 is 28.2 Å². The summed E-state index contributed by atoms with van der Waals surface area (Å²) in [7, 11) is 1.43. The molecule has 1 aromatic heterocycles. The third-order valence-electron chi connectivity index (χ3n) is 5.31. The van der Waals surface area contributed by atoms with Crippen LogP contribution in [0, 0.1) is 18.3 Å². The van der Waals surface area contributed by atoms with Crippen molar-refractivity contribution in [1.29, 1.82) is 5.26 Å². The summed E-state index contributed by atoms with van der Waals surface area (Å²) in [4.78, 5) is 24.7. The Labute approximate surface area is 210 Å². The summed E-state index contributed by atoms with van der Waals surface area (Å²) in [6, 6.07) is 15.7. The average Bonchev–Trinajstić information content (AvgIpc) is 3.39. The molecular weight excluding hydrogens is 460 g/mol. The molecule has 0 atom stereocenters. The molecule has 0 radical (unpaired) electrons. The van der Waals surface area contributed by atoms with Crippen LogP contribution in [0.2, 0.25) is 0 Å². The molecule has 3 rings (SSSR count). The fraction of sp³-hybridized carbons (Fsp3) is 0.250. The van der Waals surface area contributed by atoms with Crippen molar-refractivity contribution >= 4 is 18.0 Å². The Morgan fingerprint density at radius 1 is 1.14 bits per heavy atom. The predicted octanol–water partition coefficient (Wildman–Crippen LogP) is 4.93. The number of nitrogens with zero attached hydrogens (tertiary/aromatic N) is 1. The molecule has 186 valence electrons. The smallest absolute Gasteiger partial charge is 0.349 e.